The third-order valence-electron chi connectivity index (χ3n) is 3.64. The van der Waals surface area contributed by atoms with Gasteiger partial charge in [-0.2, -0.15) is 10.4 Å². The second-order valence-corrected chi connectivity index (χ2v) is 5.56. The second-order valence-electron chi connectivity index (χ2n) is 5.15. The highest BCUT2D eigenvalue weighted by Gasteiger charge is 2.21. The SMILES string of the molecule is Cc1ccc(N2CCN(c3ncc(C#N)cc3Cl)CC2)nn1. The maximum atomic E-state index is 8.86. The van der Waals surface area contributed by atoms with Gasteiger partial charge in [0.1, 0.15) is 11.9 Å². The molecule has 112 valence electrons. The van der Waals surface area contributed by atoms with Gasteiger partial charge in [0.25, 0.3) is 0 Å². The van der Waals surface area contributed by atoms with Crippen molar-refractivity contribution in [1.29, 1.82) is 5.26 Å². The van der Waals surface area contributed by atoms with Crippen molar-refractivity contribution in [2.24, 2.45) is 0 Å². The molecular weight excluding hydrogens is 300 g/mol. The maximum absolute atomic E-state index is 8.86. The van der Waals surface area contributed by atoms with Crippen LogP contribution in [-0.2, 0) is 0 Å². The molecule has 3 rings (SSSR count). The average Bonchev–Trinajstić information content (AvgIpc) is 2.56. The van der Waals surface area contributed by atoms with Crippen LogP contribution in [0.15, 0.2) is 24.4 Å². The number of anilines is 2. The van der Waals surface area contributed by atoms with Crippen LogP contribution in [0.4, 0.5) is 11.6 Å². The standard InChI is InChI=1S/C15H15ClN6/c1-11-2-3-14(20-19-11)21-4-6-22(7-5-21)15-13(16)8-12(9-17)10-18-15/h2-3,8,10H,4-7H2,1H3. The highest BCUT2D eigenvalue weighted by atomic mass is 35.5. The van der Waals surface area contributed by atoms with Gasteiger partial charge in [-0.1, -0.05) is 11.6 Å². The first-order valence-electron chi connectivity index (χ1n) is 7.03. The van der Waals surface area contributed by atoms with Crippen molar-refractivity contribution in [1.82, 2.24) is 15.2 Å². The summed E-state index contributed by atoms with van der Waals surface area (Å²) in [6.07, 6.45) is 1.55. The van der Waals surface area contributed by atoms with Gasteiger partial charge < -0.3 is 9.80 Å². The smallest absolute Gasteiger partial charge is 0.151 e. The molecule has 7 heteroatoms. The van der Waals surface area contributed by atoms with E-state index >= 15 is 0 Å². The molecule has 1 fully saturated rings. The van der Waals surface area contributed by atoms with Crippen molar-refractivity contribution in [3.05, 3.63) is 40.7 Å². The number of aromatic nitrogens is 3. The van der Waals surface area contributed by atoms with E-state index in [0.29, 0.717) is 10.6 Å². The van der Waals surface area contributed by atoms with Crippen LogP contribution in [-0.4, -0.2) is 41.4 Å². The van der Waals surface area contributed by atoms with E-state index in [1.807, 2.05) is 25.1 Å². The topological polar surface area (TPSA) is 68.9 Å². The molecule has 1 aliphatic rings. The number of hydrogen-bond acceptors (Lipinski definition) is 6. The maximum Gasteiger partial charge on any atom is 0.151 e. The van der Waals surface area contributed by atoms with Gasteiger partial charge in [-0.05, 0) is 25.1 Å². The van der Waals surface area contributed by atoms with Crippen molar-refractivity contribution < 1.29 is 0 Å². The fourth-order valence-electron chi connectivity index (χ4n) is 2.43. The molecule has 0 radical (unpaired) electrons. The van der Waals surface area contributed by atoms with Crippen LogP contribution in [0.3, 0.4) is 0 Å². The Balaban J connectivity index is 1.69. The summed E-state index contributed by atoms with van der Waals surface area (Å²) in [5, 5.41) is 17.7. The number of piperazine rings is 1. The summed E-state index contributed by atoms with van der Waals surface area (Å²) in [7, 11) is 0. The Kier molecular flexibility index (Phi) is 4.07. The Morgan fingerprint density at radius 1 is 1.14 bits per heavy atom. The Bertz CT molecular complexity index is 701. The first-order chi connectivity index (χ1) is 10.7. The van der Waals surface area contributed by atoms with Crippen molar-refractivity contribution in [3.63, 3.8) is 0 Å². The minimum atomic E-state index is 0.474. The molecule has 2 aromatic heterocycles. The predicted octanol–water partition coefficient (Wildman–Crippen LogP) is 2.03. The molecule has 22 heavy (non-hydrogen) atoms. The van der Waals surface area contributed by atoms with Crippen LogP contribution < -0.4 is 9.80 Å². The first-order valence-corrected chi connectivity index (χ1v) is 7.41. The fraction of sp³-hybridized carbons (Fsp3) is 0.333. The minimum Gasteiger partial charge on any atom is -0.352 e. The van der Waals surface area contributed by atoms with Crippen LogP contribution in [0, 0.1) is 18.3 Å². The average molecular weight is 315 g/mol. The van der Waals surface area contributed by atoms with E-state index in [2.05, 4.69) is 25.0 Å². The quantitative estimate of drug-likeness (QED) is 0.845. The Morgan fingerprint density at radius 2 is 1.86 bits per heavy atom. The molecule has 0 bridgehead atoms. The van der Waals surface area contributed by atoms with Gasteiger partial charge in [0, 0.05) is 32.4 Å². The number of aryl methyl sites for hydroxylation is 1. The molecule has 0 spiro atoms. The zero-order valence-electron chi connectivity index (χ0n) is 12.2. The van der Waals surface area contributed by atoms with Gasteiger partial charge in [-0.25, -0.2) is 4.98 Å². The van der Waals surface area contributed by atoms with Crippen molar-refractivity contribution in [3.8, 4) is 6.07 Å². The van der Waals surface area contributed by atoms with E-state index in [1.165, 1.54) is 0 Å². The van der Waals surface area contributed by atoms with Crippen molar-refractivity contribution in [2.45, 2.75) is 6.92 Å². The first kappa shape index (κ1) is 14.5. The number of nitrogens with zero attached hydrogens (tertiary/aromatic N) is 6. The summed E-state index contributed by atoms with van der Waals surface area (Å²) in [6.45, 7) is 5.18. The highest BCUT2D eigenvalue weighted by molar-refractivity contribution is 6.33. The van der Waals surface area contributed by atoms with Gasteiger partial charge in [0.05, 0.1) is 16.3 Å². The number of rotatable bonds is 2. The van der Waals surface area contributed by atoms with Gasteiger partial charge in [0.15, 0.2) is 5.82 Å². The largest absolute Gasteiger partial charge is 0.352 e. The number of pyridine rings is 1. The van der Waals surface area contributed by atoms with E-state index in [1.54, 1.807) is 12.3 Å². The van der Waals surface area contributed by atoms with Crippen LogP contribution >= 0.6 is 11.6 Å². The molecule has 1 aliphatic heterocycles. The molecule has 0 saturated carbocycles. The van der Waals surface area contributed by atoms with E-state index < -0.39 is 0 Å². The van der Waals surface area contributed by atoms with Crippen LogP contribution in [0.1, 0.15) is 11.3 Å². The van der Waals surface area contributed by atoms with Gasteiger partial charge in [0.2, 0.25) is 0 Å². The molecule has 6 nitrogen and oxygen atoms in total. The van der Waals surface area contributed by atoms with Gasteiger partial charge in [-0.3, -0.25) is 0 Å². The Labute approximate surface area is 134 Å². The Morgan fingerprint density at radius 3 is 2.45 bits per heavy atom. The predicted molar refractivity (Wildman–Crippen MR) is 85.2 cm³/mol. The van der Waals surface area contributed by atoms with Crippen LogP contribution in [0.25, 0.3) is 0 Å². The summed E-state index contributed by atoms with van der Waals surface area (Å²) in [5.74, 6) is 1.62. The molecular formula is C15H15ClN6. The van der Waals surface area contributed by atoms with E-state index in [-0.39, 0.29) is 0 Å². The molecule has 1 saturated heterocycles. The zero-order chi connectivity index (χ0) is 15.5. The van der Waals surface area contributed by atoms with Crippen molar-refractivity contribution >= 4 is 23.2 Å². The Hall–Kier alpha value is -2.39. The molecule has 0 atom stereocenters. The molecule has 0 aromatic carbocycles. The molecule has 0 N–H and O–H groups in total. The van der Waals surface area contributed by atoms with Crippen LogP contribution in [0.5, 0.6) is 0 Å². The summed E-state index contributed by atoms with van der Waals surface area (Å²) >= 11 is 6.22. The molecule has 2 aromatic rings. The van der Waals surface area contributed by atoms with E-state index in [4.69, 9.17) is 16.9 Å². The van der Waals surface area contributed by atoms with Crippen LogP contribution in [0.2, 0.25) is 5.02 Å². The minimum absolute atomic E-state index is 0.474. The molecule has 3 heterocycles. The summed E-state index contributed by atoms with van der Waals surface area (Å²) in [4.78, 5) is 8.63. The normalized spacial score (nSPS) is 14.8. The second kappa shape index (κ2) is 6.16. The highest BCUT2D eigenvalue weighted by Crippen LogP contribution is 2.25. The lowest BCUT2D eigenvalue weighted by atomic mass is 10.2. The lowest BCUT2D eigenvalue weighted by molar-refractivity contribution is 0.637. The van der Waals surface area contributed by atoms with Gasteiger partial charge >= 0.3 is 0 Å². The molecule has 0 unspecified atom stereocenters. The van der Waals surface area contributed by atoms with E-state index in [0.717, 1.165) is 43.5 Å². The lowest BCUT2D eigenvalue weighted by Gasteiger charge is -2.36. The number of halogens is 1. The summed E-state index contributed by atoms with van der Waals surface area (Å²) < 4.78 is 0. The lowest BCUT2D eigenvalue weighted by Crippen LogP contribution is -2.47. The third kappa shape index (κ3) is 2.95. The molecule has 0 aliphatic carbocycles. The van der Waals surface area contributed by atoms with Gasteiger partial charge in [-0.15, -0.1) is 5.10 Å². The summed E-state index contributed by atoms with van der Waals surface area (Å²) in [5.41, 5.74) is 1.39. The van der Waals surface area contributed by atoms with E-state index in [9.17, 15) is 0 Å². The molecule has 0 amide bonds. The number of nitriles is 1. The third-order valence-corrected chi connectivity index (χ3v) is 3.92. The monoisotopic (exact) mass is 314 g/mol. The fourth-order valence-corrected chi connectivity index (χ4v) is 2.72. The zero-order valence-corrected chi connectivity index (χ0v) is 13.0. The van der Waals surface area contributed by atoms with Crippen molar-refractivity contribution in [2.75, 3.05) is 36.0 Å². The summed E-state index contributed by atoms with van der Waals surface area (Å²) in [6, 6.07) is 7.65. The number of hydrogen-bond donors (Lipinski definition) is 0.